The van der Waals surface area contributed by atoms with Crippen molar-refractivity contribution in [2.24, 2.45) is 5.92 Å². The Morgan fingerprint density at radius 1 is 1.32 bits per heavy atom. The first-order valence-electron chi connectivity index (χ1n) is 9.65. The van der Waals surface area contributed by atoms with Crippen molar-refractivity contribution in [1.29, 1.82) is 0 Å². The third kappa shape index (κ3) is 4.16. The number of hydrogen-bond donors (Lipinski definition) is 0. The Kier molecular flexibility index (Phi) is 6.29. The predicted octanol–water partition coefficient (Wildman–Crippen LogP) is 3.36. The van der Waals surface area contributed by atoms with Gasteiger partial charge >= 0.3 is 0 Å². The van der Waals surface area contributed by atoms with Gasteiger partial charge in [0.1, 0.15) is 5.75 Å². The minimum absolute atomic E-state index is 0.0708. The first-order chi connectivity index (χ1) is 13.6. The van der Waals surface area contributed by atoms with E-state index in [1.165, 1.54) is 0 Å². The van der Waals surface area contributed by atoms with Crippen molar-refractivity contribution >= 4 is 22.8 Å². The highest BCUT2D eigenvalue weighted by molar-refractivity contribution is 5.83. The molecular weight excluding hydrogens is 352 g/mol. The Bertz CT molecular complexity index is 870. The molecule has 0 radical (unpaired) electrons. The van der Waals surface area contributed by atoms with Gasteiger partial charge in [0.05, 0.1) is 24.2 Å². The third-order valence-corrected chi connectivity index (χ3v) is 5.15. The van der Waals surface area contributed by atoms with Crippen LogP contribution >= 0.6 is 0 Å². The van der Waals surface area contributed by atoms with Gasteiger partial charge in [-0.25, -0.2) is 9.97 Å². The summed E-state index contributed by atoms with van der Waals surface area (Å²) >= 11 is 0. The van der Waals surface area contributed by atoms with Gasteiger partial charge in [-0.3, -0.25) is 4.79 Å². The molecule has 1 aromatic heterocycles. The van der Waals surface area contributed by atoms with Gasteiger partial charge in [0, 0.05) is 37.6 Å². The normalized spacial score (nSPS) is 16.6. The summed E-state index contributed by atoms with van der Waals surface area (Å²) in [5.41, 5.74) is 1.78. The quantitative estimate of drug-likeness (QED) is 0.690. The maximum atomic E-state index is 13.0. The average Bonchev–Trinajstić information content (AvgIpc) is 2.72. The second kappa shape index (κ2) is 8.87. The highest BCUT2D eigenvalue weighted by Crippen LogP contribution is 2.27. The topological polar surface area (TPSA) is 58.6 Å². The minimum Gasteiger partial charge on any atom is -0.497 e. The van der Waals surface area contributed by atoms with E-state index in [-0.39, 0.29) is 11.8 Å². The molecule has 1 fully saturated rings. The summed E-state index contributed by atoms with van der Waals surface area (Å²) in [6.07, 6.45) is 5.32. The number of nitrogens with zero attached hydrogens (tertiary/aromatic N) is 4. The molecule has 6 nitrogen and oxygen atoms in total. The lowest BCUT2D eigenvalue weighted by atomic mass is 9.96. The van der Waals surface area contributed by atoms with Gasteiger partial charge in [-0.2, -0.15) is 0 Å². The standard InChI is InChI=1S/C22H28N4O2/c1-5-11-25(12-6-2)21(27)17-8-7-13-26(15-17)22-23-16(3)19-10-9-18(28-4)14-20(19)24-22/h5-6,9-10,14,17H,1-2,7-8,11-13,15H2,3-4H3/t17-/m1/s1. The highest BCUT2D eigenvalue weighted by Gasteiger charge is 2.30. The van der Waals surface area contributed by atoms with Gasteiger partial charge in [-0.15, -0.1) is 13.2 Å². The van der Waals surface area contributed by atoms with Crippen LogP contribution in [0.4, 0.5) is 5.95 Å². The van der Waals surface area contributed by atoms with E-state index in [0.29, 0.717) is 25.6 Å². The number of aromatic nitrogens is 2. The Morgan fingerprint density at radius 3 is 2.75 bits per heavy atom. The Labute approximate surface area is 166 Å². The van der Waals surface area contributed by atoms with E-state index in [9.17, 15) is 4.79 Å². The van der Waals surface area contributed by atoms with Crippen LogP contribution in [0.1, 0.15) is 18.5 Å². The van der Waals surface area contributed by atoms with Gasteiger partial charge in [0.25, 0.3) is 0 Å². The van der Waals surface area contributed by atoms with Gasteiger partial charge in [-0.1, -0.05) is 12.2 Å². The smallest absolute Gasteiger partial charge is 0.228 e. The number of carbonyl (C=O) groups excluding carboxylic acids is 1. The molecule has 0 aliphatic carbocycles. The number of carbonyl (C=O) groups is 1. The van der Waals surface area contributed by atoms with Crippen molar-refractivity contribution in [2.75, 3.05) is 38.2 Å². The maximum absolute atomic E-state index is 13.0. The second-order valence-corrected chi connectivity index (χ2v) is 7.10. The zero-order chi connectivity index (χ0) is 20.1. The fourth-order valence-corrected chi connectivity index (χ4v) is 3.71. The summed E-state index contributed by atoms with van der Waals surface area (Å²) in [6, 6.07) is 5.83. The molecule has 0 N–H and O–H groups in total. The van der Waals surface area contributed by atoms with E-state index in [2.05, 4.69) is 18.1 Å². The Morgan fingerprint density at radius 2 is 2.07 bits per heavy atom. The summed E-state index contributed by atoms with van der Waals surface area (Å²) in [6.45, 7) is 12.0. The van der Waals surface area contributed by atoms with Crippen molar-refractivity contribution < 1.29 is 9.53 Å². The lowest BCUT2D eigenvalue weighted by Gasteiger charge is -2.34. The molecule has 0 saturated carbocycles. The van der Waals surface area contributed by atoms with E-state index in [1.54, 1.807) is 24.2 Å². The molecule has 0 unspecified atom stereocenters. The van der Waals surface area contributed by atoms with Crippen LogP contribution < -0.4 is 9.64 Å². The molecule has 1 saturated heterocycles. The molecular formula is C22H28N4O2. The number of hydrogen-bond acceptors (Lipinski definition) is 5. The van der Waals surface area contributed by atoms with E-state index in [1.807, 2.05) is 25.1 Å². The van der Waals surface area contributed by atoms with Crippen LogP contribution in [-0.4, -0.2) is 54.1 Å². The van der Waals surface area contributed by atoms with Crippen LogP contribution in [0.5, 0.6) is 5.75 Å². The minimum atomic E-state index is -0.0708. The molecule has 1 atom stereocenters. The summed E-state index contributed by atoms with van der Waals surface area (Å²) in [5, 5.41) is 1.01. The average molecular weight is 380 g/mol. The second-order valence-electron chi connectivity index (χ2n) is 7.10. The van der Waals surface area contributed by atoms with Crippen molar-refractivity contribution in [3.05, 3.63) is 49.2 Å². The fraction of sp³-hybridized carbons (Fsp3) is 0.409. The van der Waals surface area contributed by atoms with Gasteiger partial charge < -0.3 is 14.5 Å². The lowest BCUT2D eigenvalue weighted by Crippen LogP contribution is -2.45. The van der Waals surface area contributed by atoms with Crippen LogP contribution in [0, 0.1) is 12.8 Å². The number of benzene rings is 1. The van der Waals surface area contributed by atoms with Crippen molar-refractivity contribution in [3.63, 3.8) is 0 Å². The van der Waals surface area contributed by atoms with E-state index in [0.717, 1.165) is 41.7 Å². The van der Waals surface area contributed by atoms with Crippen LogP contribution in [-0.2, 0) is 4.79 Å². The van der Waals surface area contributed by atoms with Gasteiger partial charge in [0.2, 0.25) is 11.9 Å². The summed E-state index contributed by atoms with van der Waals surface area (Å²) < 4.78 is 5.33. The molecule has 6 heteroatoms. The van der Waals surface area contributed by atoms with Crippen molar-refractivity contribution in [2.45, 2.75) is 19.8 Å². The molecule has 1 aliphatic heterocycles. The molecule has 3 rings (SSSR count). The lowest BCUT2D eigenvalue weighted by molar-refractivity contribution is -0.134. The molecule has 0 spiro atoms. The molecule has 2 heterocycles. The molecule has 148 valence electrons. The van der Waals surface area contributed by atoms with Gasteiger partial charge in [-0.05, 0) is 31.9 Å². The number of ether oxygens (including phenoxy) is 1. The predicted molar refractivity (Wildman–Crippen MR) is 113 cm³/mol. The van der Waals surface area contributed by atoms with Gasteiger partial charge in [0.15, 0.2) is 0 Å². The van der Waals surface area contributed by atoms with Crippen LogP contribution in [0.3, 0.4) is 0 Å². The number of anilines is 1. The first kappa shape index (κ1) is 19.9. The van der Waals surface area contributed by atoms with E-state index in [4.69, 9.17) is 14.7 Å². The maximum Gasteiger partial charge on any atom is 0.228 e. The summed E-state index contributed by atoms with van der Waals surface area (Å²) in [5.74, 6) is 1.52. The molecule has 1 aromatic carbocycles. The first-order valence-corrected chi connectivity index (χ1v) is 9.65. The number of aryl methyl sites for hydroxylation is 1. The van der Waals surface area contributed by atoms with Crippen molar-refractivity contribution in [3.8, 4) is 5.75 Å². The van der Waals surface area contributed by atoms with Crippen molar-refractivity contribution in [1.82, 2.24) is 14.9 Å². The number of fused-ring (bicyclic) bond motifs is 1. The Hall–Kier alpha value is -2.89. The summed E-state index contributed by atoms with van der Waals surface area (Å²) in [4.78, 5) is 26.4. The zero-order valence-electron chi connectivity index (χ0n) is 16.7. The SMILES string of the molecule is C=CCN(CC=C)C(=O)[C@@H]1CCCN(c2nc(C)c3ccc(OC)cc3n2)C1. The molecule has 1 aliphatic rings. The van der Waals surface area contributed by atoms with Crippen LogP contribution in [0.2, 0.25) is 0 Å². The van der Waals surface area contributed by atoms with E-state index < -0.39 is 0 Å². The third-order valence-electron chi connectivity index (χ3n) is 5.15. The van der Waals surface area contributed by atoms with E-state index >= 15 is 0 Å². The monoisotopic (exact) mass is 380 g/mol. The highest BCUT2D eigenvalue weighted by atomic mass is 16.5. The number of rotatable bonds is 7. The molecule has 28 heavy (non-hydrogen) atoms. The molecule has 1 amide bonds. The molecule has 0 bridgehead atoms. The Balaban J connectivity index is 1.84. The summed E-state index contributed by atoms with van der Waals surface area (Å²) in [7, 11) is 1.65. The molecule has 2 aromatic rings. The number of piperidine rings is 1. The number of methoxy groups -OCH3 is 1. The number of amides is 1. The fourth-order valence-electron chi connectivity index (χ4n) is 3.71. The van der Waals surface area contributed by atoms with Crippen LogP contribution in [0.15, 0.2) is 43.5 Å². The largest absolute Gasteiger partial charge is 0.497 e. The zero-order valence-corrected chi connectivity index (χ0v) is 16.7. The van der Waals surface area contributed by atoms with Crippen LogP contribution in [0.25, 0.3) is 10.9 Å².